The Labute approximate surface area is 278 Å². The summed E-state index contributed by atoms with van der Waals surface area (Å²) in [6, 6.07) is 57.6. The van der Waals surface area contributed by atoms with E-state index >= 15 is 0 Å². The lowest BCUT2D eigenvalue weighted by Crippen LogP contribution is -2.16. The smallest absolute Gasteiger partial charge is 0.0465 e. The second-order valence-corrected chi connectivity index (χ2v) is 13.4. The van der Waals surface area contributed by atoms with Gasteiger partial charge in [0.2, 0.25) is 0 Å². The average Bonchev–Trinajstić information content (AvgIpc) is 3.37. The van der Waals surface area contributed by atoms with Crippen molar-refractivity contribution in [2.24, 2.45) is 0 Å². The largest absolute Gasteiger partial charge is 0.310 e. The second kappa shape index (κ2) is 11.4. The summed E-state index contributed by atoms with van der Waals surface area (Å²) in [5.74, 6) is 0.176. The Hall–Kier alpha value is -5.40. The topological polar surface area (TPSA) is 3.24 Å². The molecule has 47 heavy (non-hydrogen) atoms. The molecular weight excluding hydrogens is 567 g/mol. The van der Waals surface area contributed by atoms with Crippen LogP contribution in [-0.2, 0) is 5.41 Å². The van der Waals surface area contributed by atoms with E-state index < -0.39 is 0 Å². The van der Waals surface area contributed by atoms with Gasteiger partial charge in [0.05, 0.1) is 0 Å². The van der Waals surface area contributed by atoms with Gasteiger partial charge in [-0.05, 0) is 104 Å². The summed E-state index contributed by atoms with van der Waals surface area (Å²) in [7, 11) is 0. The Kier molecular flexibility index (Phi) is 7.07. The van der Waals surface area contributed by atoms with E-state index in [2.05, 4.69) is 190 Å². The summed E-state index contributed by atoms with van der Waals surface area (Å²) in [5.41, 5.74) is 15.6. The van der Waals surface area contributed by atoms with Gasteiger partial charge >= 0.3 is 0 Å². The van der Waals surface area contributed by atoms with Gasteiger partial charge in [0.15, 0.2) is 0 Å². The van der Waals surface area contributed by atoms with E-state index in [0.717, 1.165) is 17.1 Å². The first kappa shape index (κ1) is 29.0. The minimum absolute atomic E-state index is 0.0787. The van der Waals surface area contributed by atoms with Crippen LogP contribution in [0.25, 0.3) is 33.0 Å². The zero-order valence-electron chi connectivity index (χ0n) is 27.5. The van der Waals surface area contributed by atoms with Gasteiger partial charge in [0.25, 0.3) is 0 Å². The molecule has 0 aromatic heterocycles. The van der Waals surface area contributed by atoms with Gasteiger partial charge in [-0.3, -0.25) is 0 Å². The highest BCUT2D eigenvalue weighted by Crippen LogP contribution is 2.55. The first-order valence-electron chi connectivity index (χ1n) is 16.7. The Morgan fingerprint density at radius 2 is 1.06 bits per heavy atom. The van der Waals surface area contributed by atoms with Gasteiger partial charge < -0.3 is 4.90 Å². The van der Waals surface area contributed by atoms with E-state index in [-0.39, 0.29) is 11.3 Å². The van der Waals surface area contributed by atoms with Crippen molar-refractivity contribution in [2.75, 3.05) is 4.90 Å². The molecular formula is C46H39N. The highest BCUT2D eigenvalue weighted by molar-refractivity contribution is 6.08. The Balaban J connectivity index is 1.43. The molecule has 0 amide bonds. The second-order valence-electron chi connectivity index (χ2n) is 13.4. The molecule has 0 radical (unpaired) electrons. The molecule has 8 rings (SSSR count). The average molecular weight is 606 g/mol. The number of para-hydroxylation sites is 2. The van der Waals surface area contributed by atoms with Crippen molar-refractivity contribution < 1.29 is 0 Å². The lowest BCUT2D eigenvalue weighted by Gasteiger charge is -2.29. The monoisotopic (exact) mass is 605 g/mol. The third-order valence-electron chi connectivity index (χ3n) is 10.3. The first-order chi connectivity index (χ1) is 22.9. The van der Waals surface area contributed by atoms with Crippen LogP contribution in [0, 0.1) is 6.92 Å². The zero-order valence-corrected chi connectivity index (χ0v) is 27.5. The fourth-order valence-electron chi connectivity index (χ4n) is 8.08. The van der Waals surface area contributed by atoms with Crippen LogP contribution in [0.2, 0.25) is 0 Å². The Morgan fingerprint density at radius 3 is 1.72 bits per heavy atom. The maximum Gasteiger partial charge on any atom is 0.0465 e. The molecule has 0 saturated carbocycles. The third-order valence-corrected chi connectivity index (χ3v) is 10.3. The predicted octanol–water partition coefficient (Wildman–Crippen LogP) is 12.7. The van der Waals surface area contributed by atoms with Crippen LogP contribution in [0.15, 0.2) is 158 Å². The maximum absolute atomic E-state index is 2.44. The van der Waals surface area contributed by atoms with Gasteiger partial charge in [-0.15, -0.1) is 0 Å². The van der Waals surface area contributed by atoms with E-state index in [4.69, 9.17) is 0 Å². The molecule has 0 aliphatic heterocycles. The van der Waals surface area contributed by atoms with Gasteiger partial charge in [-0.2, -0.15) is 0 Å². The van der Waals surface area contributed by atoms with Gasteiger partial charge in [-0.1, -0.05) is 142 Å². The summed E-state index contributed by atoms with van der Waals surface area (Å²) >= 11 is 0. The van der Waals surface area contributed by atoms with E-state index in [1.54, 1.807) is 0 Å². The van der Waals surface area contributed by atoms with Crippen LogP contribution < -0.4 is 4.90 Å². The van der Waals surface area contributed by atoms with Crippen molar-refractivity contribution in [2.45, 2.75) is 39.0 Å². The molecule has 0 fully saturated rings. The molecule has 0 bridgehead atoms. The number of benzene rings is 7. The molecule has 1 aliphatic carbocycles. The van der Waals surface area contributed by atoms with E-state index in [1.807, 2.05) is 0 Å². The lowest BCUT2D eigenvalue weighted by atomic mass is 9.77. The number of anilines is 3. The maximum atomic E-state index is 2.44. The van der Waals surface area contributed by atoms with Crippen molar-refractivity contribution in [1.29, 1.82) is 0 Å². The summed E-state index contributed by atoms with van der Waals surface area (Å²) in [4.78, 5) is 2.37. The Bertz CT molecular complexity index is 2190. The number of hydrogen-bond acceptors (Lipinski definition) is 1. The summed E-state index contributed by atoms with van der Waals surface area (Å²) in [6.07, 6.45) is 0. The molecule has 0 N–H and O–H groups in total. The molecule has 1 nitrogen and oxygen atoms in total. The minimum atomic E-state index is -0.0787. The molecule has 7 aromatic carbocycles. The SMILES string of the molecule is Cc1c2c(c3ccccc3c1-c1ccc(N(c3ccccc3)c3ccccc3)cc1C(C)c1ccccc1)C(C)(C)c1ccccc1-2. The third kappa shape index (κ3) is 4.69. The van der Waals surface area contributed by atoms with Gasteiger partial charge in [0, 0.05) is 28.4 Å². The number of fused-ring (bicyclic) bond motifs is 5. The number of rotatable bonds is 6. The Morgan fingerprint density at radius 1 is 0.511 bits per heavy atom. The zero-order chi connectivity index (χ0) is 32.1. The molecule has 0 saturated heterocycles. The van der Waals surface area contributed by atoms with E-state index in [0.29, 0.717) is 0 Å². The van der Waals surface area contributed by atoms with Gasteiger partial charge in [0.1, 0.15) is 0 Å². The van der Waals surface area contributed by atoms with Crippen molar-refractivity contribution in [1.82, 2.24) is 0 Å². The molecule has 1 aliphatic rings. The van der Waals surface area contributed by atoms with E-state index in [9.17, 15) is 0 Å². The van der Waals surface area contributed by atoms with Crippen LogP contribution in [0.1, 0.15) is 54.5 Å². The van der Waals surface area contributed by atoms with Crippen LogP contribution in [0.3, 0.4) is 0 Å². The highest BCUT2D eigenvalue weighted by Gasteiger charge is 2.39. The van der Waals surface area contributed by atoms with Crippen LogP contribution in [0.4, 0.5) is 17.1 Å². The molecule has 0 heterocycles. The first-order valence-corrected chi connectivity index (χ1v) is 16.7. The van der Waals surface area contributed by atoms with Crippen LogP contribution in [0.5, 0.6) is 0 Å². The lowest BCUT2D eigenvalue weighted by molar-refractivity contribution is 0.666. The minimum Gasteiger partial charge on any atom is -0.310 e. The van der Waals surface area contributed by atoms with Crippen molar-refractivity contribution in [3.05, 3.63) is 186 Å². The van der Waals surface area contributed by atoms with Crippen molar-refractivity contribution >= 4 is 27.8 Å². The van der Waals surface area contributed by atoms with E-state index in [1.165, 1.54) is 60.8 Å². The fourth-order valence-corrected chi connectivity index (χ4v) is 8.08. The fraction of sp³-hybridized carbons (Fsp3) is 0.130. The molecule has 1 heteroatoms. The molecule has 7 aromatic rings. The number of nitrogens with zero attached hydrogens (tertiary/aromatic N) is 1. The predicted molar refractivity (Wildman–Crippen MR) is 200 cm³/mol. The highest BCUT2D eigenvalue weighted by atomic mass is 15.1. The van der Waals surface area contributed by atoms with Crippen molar-refractivity contribution in [3.8, 4) is 22.3 Å². The molecule has 228 valence electrons. The standard InChI is InChI=1S/C46H39N/c1-31(33-18-8-5-9-19-33)41-30-36(47(34-20-10-6-11-21-34)35-22-12-7-13-23-35)28-29-38(41)43-32(2)44-40-26-16-17-27-42(40)46(3,4)45(44)39-25-15-14-24-37(39)43/h5-31H,1-4H3. The van der Waals surface area contributed by atoms with Crippen LogP contribution in [-0.4, -0.2) is 0 Å². The number of hydrogen-bond donors (Lipinski definition) is 0. The molecule has 1 atom stereocenters. The summed E-state index contributed by atoms with van der Waals surface area (Å²) < 4.78 is 0. The van der Waals surface area contributed by atoms with Gasteiger partial charge in [-0.25, -0.2) is 0 Å². The quantitative estimate of drug-likeness (QED) is 0.182. The molecule has 1 unspecified atom stereocenters. The molecule has 0 spiro atoms. The summed E-state index contributed by atoms with van der Waals surface area (Å²) in [5, 5.41) is 2.67. The summed E-state index contributed by atoms with van der Waals surface area (Å²) in [6.45, 7) is 9.49. The van der Waals surface area contributed by atoms with Crippen molar-refractivity contribution in [3.63, 3.8) is 0 Å². The normalized spacial score (nSPS) is 13.6. The van der Waals surface area contributed by atoms with Crippen LogP contribution >= 0.6 is 0 Å².